The van der Waals surface area contributed by atoms with Crippen molar-refractivity contribution in [1.82, 2.24) is 5.06 Å². The largest absolute Gasteiger partial charge is 0.310 e. The molecular weight excluding hydrogens is 200 g/mol. The van der Waals surface area contributed by atoms with Crippen LogP contribution in [0, 0.1) is 0 Å². The topological polar surface area (TPSA) is 35.8 Å². The number of aliphatic imine (C=N–C) groups is 1. The van der Waals surface area contributed by atoms with E-state index in [4.69, 9.17) is 0 Å². The summed E-state index contributed by atoms with van der Waals surface area (Å²) in [5.41, 5.74) is 0.864. The number of rotatable bonds is 1. The van der Waals surface area contributed by atoms with Gasteiger partial charge in [0, 0.05) is 5.71 Å². The minimum atomic E-state index is -0.672. The fourth-order valence-electron chi connectivity index (χ4n) is 2.15. The molecule has 3 nitrogen and oxygen atoms in total. The molecule has 1 aliphatic rings. The van der Waals surface area contributed by atoms with E-state index >= 15 is 0 Å². The van der Waals surface area contributed by atoms with Gasteiger partial charge in [0.25, 0.3) is 0 Å². The minimum Gasteiger partial charge on any atom is -0.310 e. The standard InChI is InChI=1S/C13H18N2O/c1-10-12(2,3)15(16)13(4,14-10)11-8-6-5-7-9-11/h5-9,16H,1-4H3/t13-/m0/s1. The maximum absolute atomic E-state index is 10.3. The van der Waals surface area contributed by atoms with Crippen molar-refractivity contribution in [3.05, 3.63) is 35.9 Å². The van der Waals surface area contributed by atoms with E-state index in [0.29, 0.717) is 0 Å². The second-order valence-corrected chi connectivity index (χ2v) is 4.95. The van der Waals surface area contributed by atoms with Crippen molar-refractivity contribution in [1.29, 1.82) is 0 Å². The number of benzene rings is 1. The van der Waals surface area contributed by atoms with Crippen molar-refractivity contribution in [3.8, 4) is 0 Å². The Hall–Kier alpha value is -1.19. The van der Waals surface area contributed by atoms with Crippen LogP contribution in [0.1, 0.15) is 33.3 Å². The molecule has 1 N–H and O–H groups in total. The first-order valence-corrected chi connectivity index (χ1v) is 5.51. The summed E-state index contributed by atoms with van der Waals surface area (Å²) in [4.78, 5) is 4.62. The molecule has 1 atom stereocenters. The highest BCUT2D eigenvalue weighted by molar-refractivity contribution is 5.92. The average molecular weight is 218 g/mol. The van der Waals surface area contributed by atoms with Crippen LogP contribution in [-0.4, -0.2) is 21.5 Å². The van der Waals surface area contributed by atoms with Crippen LogP contribution in [0.2, 0.25) is 0 Å². The first-order chi connectivity index (χ1) is 7.39. The van der Waals surface area contributed by atoms with Gasteiger partial charge in [-0.05, 0) is 33.3 Å². The Morgan fingerprint density at radius 3 is 2.12 bits per heavy atom. The molecule has 0 amide bonds. The van der Waals surface area contributed by atoms with E-state index in [1.165, 1.54) is 5.06 Å². The molecule has 3 heteroatoms. The second-order valence-electron chi connectivity index (χ2n) is 4.95. The molecule has 0 radical (unpaired) electrons. The molecule has 2 rings (SSSR count). The third kappa shape index (κ3) is 1.39. The van der Waals surface area contributed by atoms with E-state index in [9.17, 15) is 5.21 Å². The highest BCUT2D eigenvalue weighted by Gasteiger charge is 2.48. The fourth-order valence-corrected chi connectivity index (χ4v) is 2.15. The Balaban J connectivity index is 2.50. The summed E-state index contributed by atoms with van der Waals surface area (Å²) >= 11 is 0. The maximum Gasteiger partial charge on any atom is 0.158 e. The van der Waals surface area contributed by atoms with Gasteiger partial charge >= 0.3 is 0 Å². The summed E-state index contributed by atoms with van der Waals surface area (Å²) in [6.07, 6.45) is 0. The van der Waals surface area contributed by atoms with Crippen LogP contribution in [0.25, 0.3) is 0 Å². The Morgan fingerprint density at radius 1 is 1.12 bits per heavy atom. The van der Waals surface area contributed by atoms with Crippen LogP contribution in [0.5, 0.6) is 0 Å². The molecule has 0 unspecified atom stereocenters. The lowest BCUT2D eigenvalue weighted by molar-refractivity contribution is -0.198. The Morgan fingerprint density at radius 2 is 1.69 bits per heavy atom. The summed E-state index contributed by atoms with van der Waals surface area (Å²) in [7, 11) is 0. The van der Waals surface area contributed by atoms with Crippen molar-refractivity contribution >= 4 is 5.71 Å². The predicted molar refractivity (Wildman–Crippen MR) is 64.6 cm³/mol. The van der Waals surface area contributed by atoms with Crippen molar-refractivity contribution in [3.63, 3.8) is 0 Å². The van der Waals surface area contributed by atoms with Crippen molar-refractivity contribution < 1.29 is 5.21 Å². The van der Waals surface area contributed by atoms with E-state index in [0.717, 1.165) is 11.3 Å². The van der Waals surface area contributed by atoms with Gasteiger partial charge < -0.3 is 5.21 Å². The van der Waals surface area contributed by atoms with Gasteiger partial charge in [-0.2, -0.15) is 0 Å². The Labute approximate surface area is 96.4 Å². The maximum atomic E-state index is 10.3. The van der Waals surface area contributed by atoms with E-state index in [-0.39, 0.29) is 0 Å². The van der Waals surface area contributed by atoms with Crippen LogP contribution in [-0.2, 0) is 5.66 Å². The van der Waals surface area contributed by atoms with E-state index in [2.05, 4.69) is 4.99 Å². The van der Waals surface area contributed by atoms with Crippen LogP contribution in [0.3, 0.4) is 0 Å². The van der Waals surface area contributed by atoms with Crippen LogP contribution in [0.15, 0.2) is 35.3 Å². The summed E-state index contributed by atoms with van der Waals surface area (Å²) in [5.74, 6) is 0. The summed E-state index contributed by atoms with van der Waals surface area (Å²) in [5, 5.41) is 11.7. The molecule has 0 saturated carbocycles. The lowest BCUT2D eigenvalue weighted by Gasteiger charge is -2.36. The highest BCUT2D eigenvalue weighted by Crippen LogP contribution is 2.40. The van der Waals surface area contributed by atoms with Crippen molar-refractivity contribution in [2.75, 3.05) is 0 Å². The molecule has 1 aromatic carbocycles. The van der Waals surface area contributed by atoms with Gasteiger partial charge in [-0.1, -0.05) is 30.3 Å². The zero-order chi connectivity index (χ0) is 12.0. The first-order valence-electron chi connectivity index (χ1n) is 5.51. The number of hydrogen-bond acceptors (Lipinski definition) is 3. The molecule has 16 heavy (non-hydrogen) atoms. The van der Waals surface area contributed by atoms with Gasteiger partial charge in [-0.3, -0.25) is 4.99 Å². The molecule has 1 aromatic rings. The SMILES string of the molecule is CC1=N[C@](C)(c2ccccc2)N(O)C1(C)C. The minimum absolute atomic E-state index is 0.412. The third-order valence-corrected chi connectivity index (χ3v) is 3.53. The monoisotopic (exact) mass is 218 g/mol. The molecule has 0 spiro atoms. The smallest absolute Gasteiger partial charge is 0.158 e. The second kappa shape index (κ2) is 3.40. The van der Waals surface area contributed by atoms with E-state index in [1.54, 1.807) is 0 Å². The molecule has 1 aliphatic heterocycles. The molecule has 0 fully saturated rings. The third-order valence-electron chi connectivity index (χ3n) is 3.53. The number of hydrogen-bond donors (Lipinski definition) is 1. The van der Waals surface area contributed by atoms with Crippen molar-refractivity contribution in [2.24, 2.45) is 4.99 Å². The van der Waals surface area contributed by atoms with Crippen LogP contribution >= 0.6 is 0 Å². The van der Waals surface area contributed by atoms with Gasteiger partial charge in [-0.25, -0.2) is 0 Å². The highest BCUT2D eigenvalue weighted by atomic mass is 16.5. The van der Waals surface area contributed by atoms with E-state index in [1.807, 2.05) is 58.0 Å². The van der Waals surface area contributed by atoms with Crippen molar-refractivity contribution in [2.45, 2.75) is 38.9 Å². The lowest BCUT2D eigenvalue weighted by Crippen LogP contribution is -2.49. The van der Waals surface area contributed by atoms with Gasteiger partial charge in [0.1, 0.15) is 0 Å². The normalized spacial score (nSPS) is 29.2. The molecule has 0 aromatic heterocycles. The number of nitrogens with zero attached hydrogens (tertiary/aromatic N) is 2. The van der Waals surface area contributed by atoms with Crippen LogP contribution in [0.4, 0.5) is 0 Å². The summed E-state index contributed by atoms with van der Waals surface area (Å²) in [6.45, 7) is 7.83. The zero-order valence-electron chi connectivity index (χ0n) is 10.2. The summed E-state index contributed by atoms with van der Waals surface area (Å²) in [6, 6.07) is 9.86. The zero-order valence-corrected chi connectivity index (χ0v) is 10.2. The fraction of sp³-hybridized carbons (Fsp3) is 0.462. The molecule has 0 aliphatic carbocycles. The lowest BCUT2D eigenvalue weighted by atomic mass is 9.97. The summed E-state index contributed by atoms with van der Waals surface area (Å²) < 4.78 is 0. The average Bonchev–Trinajstić information content (AvgIpc) is 2.42. The molecule has 86 valence electrons. The first kappa shape index (κ1) is 11.3. The molecule has 0 bridgehead atoms. The van der Waals surface area contributed by atoms with Gasteiger partial charge in [0.05, 0.1) is 5.54 Å². The van der Waals surface area contributed by atoms with Gasteiger partial charge in [0.2, 0.25) is 0 Å². The van der Waals surface area contributed by atoms with Gasteiger partial charge in [-0.15, -0.1) is 5.06 Å². The molecular formula is C13H18N2O. The predicted octanol–water partition coefficient (Wildman–Crippen LogP) is 2.80. The Kier molecular flexibility index (Phi) is 2.40. The van der Waals surface area contributed by atoms with Crippen LogP contribution < -0.4 is 0 Å². The number of hydroxylamine groups is 2. The molecule has 1 heterocycles. The molecule has 0 saturated heterocycles. The quantitative estimate of drug-likeness (QED) is 0.786. The van der Waals surface area contributed by atoms with E-state index < -0.39 is 11.2 Å². The van der Waals surface area contributed by atoms with Gasteiger partial charge in [0.15, 0.2) is 5.66 Å². The Bertz CT molecular complexity index is 425.